The molecule has 1 rings (SSSR count). The minimum absolute atomic E-state index is 0.0497. The molecule has 24 heavy (non-hydrogen) atoms. The Morgan fingerprint density at radius 2 is 1.88 bits per heavy atom. The van der Waals surface area contributed by atoms with Crippen LogP contribution in [0.3, 0.4) is 0 Å². The van der Waals surface area contributed by atoms with Crippen LogP contribution in [0.15, 0.2) is 18.2 Å². The van der Waals surface area contributed by atoms with Crippen LogP contribution in [-0.4, -0.2) is 37.2 Å². The summed E-state index contributed by atoms with van der Waals surface area (Å²) in [5, 5.41) is 4.65. The zero-order valence-electron chi connectivity index (χ0n) is 14.5. The Labute approximate surface area is 141 Å². The van der Waals surface area contributed by atoms with E-state index in [4.69, 9.17) is 9.47 Å². The smallest absolute Gasteiger partial charge is 0.344 e. The van der Waals surface area contributed by atoms with E-state index in [9.17, 15) is 14.4 Å². The summed E-state index contributed by atoms with van der Waals surface area (Å²) in [4.78, 5) is 34.5. The molecule has 0 heterocycles. The van der Waals surface area contributed by atoms with Crippen molar-refractivity contribution in [3.05, 3.63) is 29.3 Å². The van der Waals surface area contributed by atoms with Gasteiger partial charge >= 0.3 is 12.0 Å². The SMILES string of the molecule is CC[C@H](C)NC(=O)NC(=O)COC(=O)COc1cccc(C)c1C. The highest BCUT2D eigenvalue weighted by Gasteiger charge is 2.13. The first-order valence-electron chi connectivity index (χ1n) is 7.78. The molecule has 0 aromatic heterocycles. The summed E-state index contributed by atoms with van der Waals surface area (Å²) in [6.07, 6.45) is 0.742. The van der Waals surface area contributed by atoms with E-state index in [0.29, 0.717) is 5.75 Å². The van der Waals surface area contributed by atoms with Crippen LogP contribution < -0.4 is 15.4 Å². The van der Waals surface area contributed by atoms with Crippen LogP contribution in [0.1, 0.15) is 31.4 Å². The minimum atomic E-state index is -0.698. The largest absolute Gasteiger partial charge is 0.482 e. The summed E-state index contributed by atoms with van der Waals surface area (Å²) in [5.74, 6) is -0.798. The number of imide groups is 1. The maximum absolute atomic E-state index is 11.6. The summed E-state index contributed by atoms with van der Waals surface area (Å²) in [6, 6.07) is 4.85. The minimum Gasteiger partial charge on any atom is -0.482 e. The highest BCUT2D eigenvalue weighted by Crippen LogP contribution is 2.20. The van der Waals surface area contributed by atoms with Gasteiger partial charge in [0.1, 0.15) is 5.75 Å². The number of rotatable bonds is 7. The second-order valence-corrected chi connectivity index (χ2v) is 5.48. The van der Waals surface area contributed by atoms with Crippen molar-refractivity contribution < 1.29 is 23.9 Å². The molecule has 0 aliphatic carbocycles. The third-order valence-corrected chi connectivity index (χ3v) is 3.51. The lowest BCUT2D eigenvalue weighted by atomic mass is 10.1. The molecule has 7 heteroatoms. The number of ether oxygens (including phenoxy) is 2. The molecule has 1 aromatic rings. The monoisotopic (exact) mass is 336 g/mol. The van der Waals surface area contributed by atoms with E-state index >= 15 is 0 Å². The molecule has 0 aliphatic heterocycles. The number of amides is 3. The van der Waals surface area contributed by atoms with Gasteiger partial charge in [-0.25, -0.2) is 9.59 Å². The van der Waals surface area contributed by atoms with Gasteiger partial charge in [-0.3, -0.25) is 10.1 Å². The summed E-state index contributed by atoms with van der Waals surface area (Å²) < 4.78 is 10.1. The second kappa shape index (κ2) is 9.54. The number of hydrogen-bond donors (Lipinski definition) is 2. The highest BCUT2D eigenvalue weighted by molar-refractivity contribution is 5.95. The van der Waals surface area contributed by atoms with Crippen LogP contribution in [0.2, 0.25) is 0 Å². The fourth-order valence-electron chi connectivity index (χ4n) is 1.73. The summed E-state index contributed by atoms with van der Waals surface area (Å²) in [5.41, 5.74) is 1.98. The average Bonchev–Trinajstić information content (AvgIpc) is 2.54. The number of urea groups is 1. The lowest BCUT2D eigenvalue weighted by molar-refractivity contribution is -0.150. The Hall–Kier alpha value is -2.57. The molecule has 0 saturated heterocycles. The third-order valence-electron chi connectivity index (χ3n) is 3.51. The van der Waals surface area contributed by atoms with Crippen LogP contribution in [-0.2, 0) is 14.3 Å². The van der Waals surface area contributed by atoms with Crippen LogP contribution >= 0.6 is 0 Å². The molecule has 132 valence electrons. The van der Waals surface area contributed by atoms with Gasteiger partial charge in [-0.15, -0.1) is 0 Å². The molecule has 0 saturated carbocycles. The van der Waals surface area contributed by atoms with Crippen molar-refractivity contribution in [2.45, 2.75) is 40.2 Å². The van der Waals surface area contributed by atoms with Crippen molar-refractivity contribution in [3.8, 4) is 5.75 Å². The molecule has 0 fully saturated rings. The fraction of sp³-hybridized carbons (Fsp3) is 0.471. The second-order valence-electron chi connectivity index (χ2n) is 5.48. The molecule has 1 atom stereocenters. The third kappa shape index (κ3) is 6.68. The summed E-state index contributed by atoms with van der Waals surface area (Å²) in [6.45, 7) is 6.70. The summed E-state index contributed by atoms with van der Waals surface area (Å²) >= 11 is 0. The maximum Gasteiger partial charge on any atom is 0.344 e. The van der Waals surface area contributed by atoms with Gasteiger partial charge in [0, 0.05) is 6.04 Å². The number of benzene rings is 1. The van der Waals surface area contributed by atoms with Crippen LogP contribution in [0.5, 0.6) is 5.75 Å². The molecule has 0 radical (unpaired) electrons. The maximum atomic E-state index is 11.6. The average molecular weight is 336 g/mol. The first kappa shape index (κ1) is 19.5. The Kier molecular flexibility index (Phi) is 7.74. The molecule has 0 spiro atoms. The topological polar surface area (TPSA) is 93.7 Å². The molecule has 0 unspecified atom stereocenters. The van der Waals surface area contributed by atoms with E-state index < -0.39 is 24.5 Å². The Morgan fingerprint density at radius 1 is 1.17 bits per heavy atom. The van der Waals surface area contributed by atoms with Crippen molar-refractivity contribution in [2.24, 2.45) is 0 Å². The highest BCUT2D eigenvalue weighted by atomic mass is 16.6. The molecular weight excluding hydrogens is 312 g/mol. The zero-order chi connectivity index (χ0) is 18.1. The van der Waals surface area contributed by atoms with Crippen LogP contribution in [0, 0.1) is 13.8 Å². The standard InChI is InChI=1S/C17H24N2O5/c1-5-12(3)18-17(22)19-15(20)9-24-16(21)10-23-14-8-6-7-11(2)13(14)4/h6-8,12H,5,9-10H2,1-4H3,(H2,18,19,20,22)/t12-/m0/s1. The van der Waals surface area contributed by atoms with Gasteiger partial charge in [0.2, 0.25) is 0 Å². The van der Waals surface area contributed by atoms with Gasteiger partial charge in [0.25, 0.3) is 5.91 Å². The molecular formula is C17H24N2O5. The van der Waals surface area contributed by atoms with E-state index in [-0.39, 0.29) is 12.6 Å². The number of hydrogen-bond acceptors (Lipinski definition) is 5. The van der Waals surface area contributed by atoms with E-state index in [0.717, 1.165) is 17.5 Å². The molecule has 1 aromatic carbocycles. The molecule has 2 N–H and O–H groups in total. The fourth-order valence-corrected chi connectivity index (χ4v) is 1.73. The molecule has 0 aliphatic rings. The number of nitrogens with one attached hydrogen (secondary N) is 2. The van der Waals surface area contributed by atoms with Crippen molar-refractivity contribution in [3.63, 3.8) is 0 Å². The van der Waals surface area contributed by atoms with E-state index in [2.05, 4.69) is 10.6 Å². The van der Waals surface area contributed by atoms with Crippen molar-refractivity contribution in [1.29, 1.82) is 0 Å². The Morgan fingerprint density at radius 3 is 2.54 bits per heavy atom. The molecule has 3 amide bonds. The first-order valence-corrected chi connectivity index (χ1v) is 7.78. The summed E-state index contributed by atoms with van der Waals surface area (Å²) in [7, 11) is 0. The van der Waals surface area contributed by atoms with Gasteiger partial charge in [-0.05, 0) is 44.4 Å². The van der Waals surface area contributed by atoms with Gasteiger partial charge < -0.3 is 14.8 Å². The lowest BCUT2D eigenvalue weighted by Crippen LogP contribution is -2.44. The normalized spacial score (nSPS) is 11.3. The molecule has 7 nitrogen and oxygen atoms in total. The number of carbonyl (C=O) groups excluding carboxylic acids is 3. The van der Waals surface area contributed by atoms with Crippen molar-refractivity contribution >= 4 is 17.9 Å². The van der Waals surface area contributed by atoms with Crippen LogP contribution in [0.4, 0.5) is 4.79 Å². The predicted molar refractivity (Wildman–Crippen MR) is 88.8 cm³/mol. The van der Waals surface area contributed by atoms with Gasteiger partial charge in [0.05, 0.1) is 0 Å². The predicted octanol–water partition coefficient (Wildman–Crippen LogP) is 1.85. The number of carbonyl (C=O) groups is 3. The van der Waals surface area contributed by atoms with Gasteiger partial charge in [-0.1, -0.05) is 19.1 Å². The van der Waals surface area contributed by atoms with E-state index in [1.54, 1.807) is 6.07 Å². The van der Waals surface area contributed by atoms with Crippen molar-refractivity contribution in [1.82, 2.24) is 10.6 Å². The van der Waals surface area contributed by atoms with E-state index in [1.165, 1.54) is 0 Å². The molecule has 0 bridgehead atoms. The van der Waals surface area contributed by atoms with Crippen LogP contribution in [0.25, 0.3) is 0 Å². The number of aryl methyl sites for hydroxylation is 1. The van der Waals surface area contributed by atoms with Crippen molar-refractivity contribution in [2.75, 3.05) is 13.2 Å². The number of esters is 1. The Balaban J connectivity index is 2.32. The van der Waals surface area contributed by atoms with E-state index in [1.807, 2.05) is 39.8 Å². The Bertz CT molecular complexity index is 601. The quantitative estimate of drug-likeness (QED) is 0.741. The first-order chi connectivity index (χ1) is 11.3. The van der Waals surface area contributed by atoms with Gasteiger partial charge in [-0.2, -0.15) is 0 Å². The zero-order valence-corrected chi connectivity index (χ0v) is 14.5. The lowest BCUT2D eigenvalue weighted by Gasteiger charge is -2.12. The van der Waals surface area contributed by atoms with Gasteiger partial charge in [0.15, 0.2) is 13.2 Å².